The molecule has 4 aliphatic heterocycles. The molecule has 4 aliphatic rings. The van der Waals surface area contributed by atoms with Crippen LogP contribution in [0.5, 0.6) is 23.3 Å². The molecule has 0 saturated carbocycles. The summed E-state index contributed by atoms with van der Waals surface area (Å²) in [6, 6.07) is 12.8. The summed E-state index contributed by atoms with van der Waals surface area (Å²) in [5, 5.41) is 0. The summed E-state index contributed by atoms with van der Waals surface area (Å²) in [6.07, 6.45) is 8.38. The van der Waals surface area contributed by atoms with E-state index in [-0.39, 0.29) is 12.1 Å². The second-order valence-electron chi connectivity index (χ2n) is 11.2. The average Bonchev–Trinajstić information content (AvgIpc) is 3.50. The topological polar surface area (TPSA) is 57.2 Å². The maximum absolute atomic E-state index is 6.45. The summed E-state index contributed by atoms with van der Waals surface area (Å²) in [6.45, 7) is 7.83. The molecular formula is C28H29BN6O2. The lowest BCUT2D eigenvalue weighted by Gasteiger charge is -2.34. The molecule has 0 saturated heterocycles. The van der Waals surface area contributed by atoms with Crippen LogP contribution in [0, 0.1) is 0 Å². The van der Waals surface area contributed by atoms with Gasteiger partial charge < -0.3 is 29.1 Å². The largest absolute Gasteiger partial charge is 0.440 e. The van der Waals surface area contributed by atoms with Crippen molar-refractivity contribution in [2.45, 2.75) is 26.2 Å². The molecule has 8 nitrogen and oxygen atoms in total. The normalized spacial score (nSPS) is 17.1. The van der Waals surface area contributed by atoms with Crippen LogP contribution in [0.4, 0.5) is 11.4 Å². The van der Waals surface area contributed by atoms with E-state index in [0.717, 1.165) is 52.6 Å². The van der Waals surface area contributed by atoms with Gasteiger partial charge in [0, 0.05) is 55.7 Å². The van der Waals surface area contributed by atoms with E-state index in [2.05, 4.69) is 116 Å². The number of aromatic nitrogens is 2. The summed E-state index contributed by atoms with van der Waals surface area (Å²) in [7, 11) is 4.15. The first-order chi connectivity index (χ1) is 17.7. The minimum absolute atomic E-state index is 0.0972. The van der Waals surface area contributed by atoms with E-state index in [4.69, 9.17) is 19.4 Å². The standard InChI is InChI=1S/C28H29BN6O2/c1-28(2,3)27-30-25-24-26(31-27)37-23-9-7-19(35-13-11-33(5)17-35)15-21(23)29(24)20-14-18(6-8-22(20)36-25)34-12-10-32(4)16-34/h6-15H,16-17H2,1-5H3. The van der Waals surface area contributed by atoms with Gasteiger partial charge in [-0.3, -0.25) is 0 Å². The van der Waals surface area contributed by atoms with Crippen LogP contribution in [0.15, 0.2) is 61.2 Å². The van der Waals surface area contributed by atoms with E-state index in [1.54, 1.807) is 0 Å². The van der Waals surface area contributed by atoms with Crippen molar-refractivity contribution in [1.29, 1.82) is 0 Å². The summed E-state index contributed by atoms with van der Waals surface area (Å²) in [5.74, 6) is 3.51. The van der Waals surface area contributed by atoms with Crippen LogP contribution in [-0.2, 0) is 5.41 Å². The van der Waals surface area contributed by atoms with Crippen molar-refractivity contribution in [2.75, 3.05) is 37.2 Å². The van der Waals surface area contributed by atoms with Crippen molar-refractivity contribution in [3.63, 3.8) is 0 Å². The molecule has 2 aromatic carbocycles. The van der Waals surface area contributed by atoms with Gasteiger partial charge in [-0.1, -0.05) is 20.8 Å². The van der Waals surface area contributed by atoms with Crippen LogP contribution in [0.3, 0.4) is 0 Å². The highest BCUT2D eigenvalue weighted by Gasteiger charge is 2.43. The fourth-order valence-corrected chi connectivity index (χ4v) is 5.31. The number of hydrogen-bond acceptors (Lipinski definition) is 8. The highest BCUT2D eigenvalue weighted by Crippen LogP contribution is 2.36. The third kappa shape index (κ3) is 3.52. The van der Waals surface area contributed by atoms with E-state index in [0.29, 0.717) is 17.6 Å². The zero-order valence-corrected chi connectivity index (χ0v) is 21.8. The quantitative estimate of drug-likeness (QED) is 0.349. The van der Waals surface area contributed by atoms with Crippen LogP contribution >= 0.6 is 0 Å². The molecule has 5 heterocycles. The molecule has 3 aromatic rings. The minimum atomic E-state index is -0.246. The van der Waals surface area contributed by atoms with E-state index in [9.17, 15) is 0 Å². The van der Waals surface area contributed by atoms with Gasteiger partial charge in [0.25, 0.3) is 6.71 Å². The molecule has 7 rings (SSSR count). The number of nitrogens with zero attached hydrogens (tertiary/aromatic N) is 6. The summed E-state index contributed by atoms with van der Waals surface area (Å²) >= 11 is 0. The molecule has 37 heavy (non-hydrogen) atoms. The second-order valence-corrected chi connectivity index (χ2v) is 11.2. The van der Waals surface area contributed by atoms with Crippen molar-refractivity contribution in [1.82, 2.24) is 19.8 Å². The maximum atomic E-state index is 6.45. The molecular weight excluding hydrogens is 463 g/mol. The molecule has 0 radical (unpaired) electrons. The monoisotopic (exact) mass is 492 g/mol. The van der Waals surface area contributed by atoms with Crippen molar-refractivity contribution >= 4 is 34.5 Å². The van der Waals surface area contributed by atoms with Gasteiger partial charge in [0.2, 0.25) is 11.8 Å². The molecule has 186 valence electrons. The third-order valence-corrected chi connectivity index (χ3v) is 7.27. The third-order valence-electron chi connectivity index (χ3n) is 7.27. The molecule has 0 bridgehead atoms. The number of anilines is 2. The summed E-state index contributed by atoms with van der Waals surface area (Å²) in [5.41, 5.74) is 5.08. The van der Waals surface area contributed by atoms with Gasteiger partial charge in [0.1, 0.15) is 17.3 Å². The Labute approximate surface area is 217 Å². The van der Waals surface area contributed by atoms with E-state index < -0.39 is 0 Å². The van der Waals surface area contributed by atoms with Crippen molar-refractivity contribution in [2.24, 2.45) is 0 Å². The van der Waals surface area contributed by atoms with Crippen LogP contribution in [0.1, 0.15) is 26.6 Å². The Morgan fingerprint density at radius 3 is 1.62 bits per heavy atom. The van der Waals surface area contributed by atoms with E-state index in [1.165, 1.54) is 0 Å². The van der Waals surface area contributed by atoms with Crippen LogP contribution in [0.25, 0.3) is 0 Å². The lowest BCUT2D eigenvalue weighted by atomic mass is 9.35. The smallest absolute Gasteiger partial charge is 0.265 e. The number of hydrogen-bond donors (Lipinski definition) is 0. The molecule has 0 atom stereocenters. The first kappa shape index (κ1) is 22.1. The van der Waals surface area contributed by atoms with E-state index in [1.807, 2.05) is 0 Å². The van der Waals surface area contributed by atoms with Crippen molar-refractivity contribution in [3.8, 4) is 23.3 Å². The molecule has 0 N–H and O–H groups in total. The van der Waals surface area contributed by atoms with Gasteiger partial charge in [-0.05, 0) is 47.3 Å². The summed E-state index contributed by atoms with van der Waals surface area (Å²) < 4.78 is 12.9. The van der Waals surface area contributed by atoms with E-state index >= 15 is 0 Å². The Hall–Kier alpha value is -4.14. The van der Waals surface area contributed by atoms with Gasteiger partial charge in [-0.2, -0.15) is 9.97 Å². The number of fused-ring (bicyclic) bond motifs is 4. The van der Waals surface area contributed by atoms with Gasteiger partial charge in [-0.25, -0.2) is 0 Å². The highest BCUT2D eigenvalue weighted by atomic mass is 16.5. The number of rotatable bonds is 2. The van der Waals surface area contributed by atoms with Crippen LogP contribution < -0.4 is 35.7 Å². The Kier molecular flexibility index (Phi) is 4.59. The Morgan fingerprint density at radius 2 is 1.22 bits per heavy atom. The fourth-order valence-electron chi connectivity index (χ4n) is 5.31. The Balaban J connectivity index is 1.41. The Morgan fingerprint density at radius 1 is 0.730 bits per heavy atom. The van der Waals surface area contributed by atoms with Gasteiger partial charge in [-0.15, -0.1) is 0 Å². The van der Waals surface area contributed by atoms with Crippen molar-refractivity contribution < 1.29 is 9.47 Å². The molecule has 0 unspecified atom stereocenters. The van der Waals surface area contributed by atoms with Crippen LogP contribution in [-0.4, -0.2) is 53.9 Å². The molecule has 1 aromatic heterocycles. The van der Waals surface area contributed by atoms with Gasteiger partial charge in [0.05, 0.1) is 18.8 Å². The molecule has 0 spiro atoms. The molecule has 9 heteroatoms. The predicted octanol–water partition coefficient (Wildman–Crippen LogP) is 2.86. The minimum Gasteiger partial charge on any atom is -0.440 e. The number of ether oxygens (including phenoxy) is 2. The lowest BCUT2D eigenvalue weighted by Crippen LogP contribution is -2.58. The highest BCUT2D eigenvalue weighted by molar-refractivity contribution is 6.98. The summed E-state index contributed by atoms with van der Waals surface area (Å²) in [4.78, 5) is 18.6. The van der Waals surface area contributed by atoms with Gasteiger partial charge in [0.15, 0.2) is 0 Å². The first-order valence-electron chi connectivity index (χ1n) is 12.6. The second kappa shape index (κ2) is 7.68. The lowest BCUT2D eigenvalue weighted by molar-refractivity contribution is 0.418. The average molecular weight is 492 g/mol. The maximum Gasteiger partial charge on any atom is 0.265 e. The Bertz CT molecular complexity index is 1400. The predicted molar refractivity (Wildman–Crippen MR) is 147 cm³/mol. The molecule has 0 amide bonds. The number of benzene rings is 2. The molecule has 0 fully saturated rings. The zero-order chi connectivity index (χ0) is 25.5. The molecule has 0 aliphatic carbocycles. The van der Waals surface area contributed by atoms with Crippen molar-refractivity contribution in [3.05, 3.63) is 67.0 Å². The fraction of sp³-hybridized carbons (Fsp3) is 0.286. The van der Waals surface area contributed by atoms with Gasteiger partial charge >= 0.3 is 0 Å². The van der Waals surface area contributed by atoms with Crippen LogP contribution in [0.2, 0.25) is 0 Å². The SMILES string of the molecule is CN1C=CN(c2ccc3c(c2)B2c4cc(N5C=CN(C)C5)ccc4Oc4nc(C(C)(C)C)nc(c42)O3)C1. The first-order valence-corrected chi connectivity index (χ1v) is 12.6. The zero-order valence-electron chi connectivity index (χ0n) is 21.8.